The normalized spacial score (nSPS) is 9.95. The summed E-state index contributed by atoms with van der Waals surface area (Å²) in [5.41, 5.74) is 16.4. The number of halogens is 1. The summed E-state index contributed by atoms with van der Waals surface area (Å²) < 4.78 is 12.7. The second kappa shape index (κ2) is 5.17. The minimum Gasteiger partial charge on any atom is -0.393 e. The van der Waals surface area contributed by atoms with Gasteiger partial charge < -0.3 is 11.5 Å². The van der Waals surface area contributed by atoms with Crippen LogP contribution in [-0.4, -0.2) is 15.9 Å². The third-order valence-electron chi connectivity index (χ3n) is 2.32. The van der Waals surface area contributed by atoms with Gasteiger partial charge in [-0.2, -0.15) is 0 Å². The van der Waals surface area contributed by atoms with Crippen LogP contribution in [-0.2, 0) is 0 Å². The molecule has 1 heterocycles. The molecule has 2 aromatic rings. The molecule has 0 aliphatic rings. The average molecular weight is 262 g/mol. The van der Waals surface area contributed by atoms with Gasteiger partial charge >= 0.3 is 0 Å². The number of nitrogens with zero attached hydrogens (tertiary/aromatic N) is 2. The Labute approximate surface area is 107 Å². The van der Waals surface area contributed by atoms with Crippen molar-refractivity contribution in [2.24, 2.45) is 0 Å². The summed E-state index contributed by atoms with van der Waals surface area (Å²) in [7, 11) is 0. The van der Waals surface area contributed by atoms with Crippen LogP contribution < -0.4 is 22.3 Å². The molecule has 0 aliphatic carbocycles. The predicted octanol–water partition coefficient (Wildman–Crippen LogP) is 0.537. The number of aromatic nitrogens is 2. The maximum Gasteiger partial charge on any atom is 0.269 e. The van der Waals surface area contributed by atoms with Gasteiger partial charge in [0.25, 0.3) is 5.91 Å². The van der Waals surface area contributed by atoms with Gasteiger partial charge in [0.1, 0.15) is 17.8 Å². The number of hydrogen-bond acceptors (Lipinski definition) is 6. The fourth-order valence-electron chi connectivity index (χ4n) is 1.30. The molecule has 6 N–H and O–H groups in total. The first kappa shape index (κ1) is 12.6. The van der Waals surface area contributed by atoms with Crippen LogP contribution in [0.25, 0.3) is 0 Å². The van der Waals surface area contributed by atoms with Crippen molar-refractivity contribution in [1.29, 1.82) is 0 Å². The van der Waals surface area contributed by atoms with Crippen LogP contribution in [0.2, 0.25) is 0 Å². The lowest BCUT2D eigenvalue weighted by atomic mass is 10.2. The minimum absolute atomic E-state index is 0.105. The molecular weight excluding hydrogens is 251 g/mol. The zero-order valence-electron chi connectivity index (χ0n) is 9.72. The Bertz CT molecular complexity index is 601. The number of carbonyl (C=O) groups excluding carboxylic acids is 1. The first-order chi connectivity index (χ1) is 9.08. The molecule has 0 radical (unpaired) electrons. The number of carbonyl (C=O) groups is 1. The summed E-state index contributed by atoms with van der Waals surface area (Å²) in [5.74, 6) is -0.592. The van der Waals surface area contributed by atoms with Crippen LogP contribution in [0.1, 0.15) is 10.4 Å². The van der Waals surface area contributed by atoms with Crippen LogP contribution in [0.15, 0.2) is 30.6 Å². The lowest BCUT2D eigenvalue weighted by molar-refractivity contribution is 0.0962. The first-order valence-corrected chi connectivity index (χ1v) is 5.26. The Balaban J connectivity index is 2.04. The molecule has 2 rings (SSSR count). The Morgan fingerprint density at radius 1 is 1.16 bits per heavy atom. The molecule has 0 bridgehead atoms. The van der Waals surface area contributed by atoms with Gasteiger partial charge in [-0.05, 0) is 24.3 Å². The van der Waals surface area contributed by atoms with Crippen LogP contribution in [0.3, 0.4) is 0 Å². The maximum absolute atomic E-state index is 12.7. The molecular formula is C11H11FN6O. The van der Waals surface area contributed by atoms with E-state index in [0.717, 1.165) is 0 Å². The number of benzene rings is 1. The fourth-order valence-corrected chi connectivity index (χ4v) is 1.30. The number of nitrogens with two attached hydrogens (primary N) is 2. The molecule has 0 aliphatic heterocycles. The monoisotopic (exact) mass is 262 g/mol. The van der Waals surface area contributed by atoms with Crippen LogP contribution in [0, 0.1) is 5.82 Å². The van der Waals surface area contributed by atoms with Crippen molar-refractivity contribution in [3.05, 3.63) is 42.0 Å². The van der Waals surface area contributed by atoms with Gasteiger partial charge in [-0.25, -0.2) is 14.4 Å². The van der Waals surface area contributed by atoms with Crippen molar-refractivity contribution in [2.75, 3.05) is 16.9 Å². The van der Waals surface area contributed by atoms with Gasteiger partial charge in [0.05, 0.1) is 0 Å². The first-order valence-electron chi connectivity index (χ1n) is 5.26. The topological polar surface area (TPSA) is 119 Å². The predicted molar refractivity (Wildman–Crippen MR) is 68.3 cm³/mol. The van der Waals surface area contributed by atoms with Crippen molar-refractivity contribution < 1.29 is 9.18 Å². The number of nitrogens with one attached hydrogen (secondary N) is 2. The van der Waals surface area contributed by atoms with Crippen molar-refractivity contribution in [3.63, 3.8) is 0 Å². The van der Waals surface area contributed by atoms with Crippen molar-refractivity contribution in [1.82, 2.24) is 15.4 Å². The van der Waals surface area contributed by atoms with E-state index in [1.165, 1.54) is 30.6 Å². The zero-order chi connectivity index (χ0) is 13.8. The fraction of sp³-hybridized carbons (Fsp3) is 0. The Morgan fingerprint density at radius 2 is 1.84 bits per heavy atom. The summed E-state index contributed by atoms with van der Waals surface area (Å²) in [6, 6.07) is 5.08. The highest BCUT2D eigenvalue weighted by atomic mass is 19.1. The highest BCUT2D eigenvalue weighted by molar-refractivity contribution is 5.95. The van der Waals surface area contributed by atoms with E-state index >= 15 is 0 Å². The molecule has 98 valence electrons. The van der Waals surface area contributed by atoms with Gasteiger partial charge in [0, 0.05) is 5.56 Å². The average Bonchev–Trinajstić information content (AvgIpc) is 2.41. The summed E-state index contributed by atoms with van der Waals surface area (Å²) in [6.45, 7) is 0. The number of hydrogen-bond donors (Lipinski definition) is 4. The molecule has 1 amide bonds. The third kappa shape index (κ3) is 2.86. The van der Waals surface area contributed by atoms with Gasteiger partial charge in [-0.15, -0.1) is 0 Å². The van der Waals surface area contributed by atoms with Crippen LogP contribution in [0.4, 0.5) is 21.7 Å². The molecule has 8 heteroatoms. The molecule has 0 saturated heterocycles. The number of hydrazine groups is 1. The number of anilines is 3. The quantitative estimate of drug-likeness (QED) is 0.599. The summed E-state index contributed by atoms with van der Waals surface area (Å²) in [6.07, 6.45) is 1.21. The molecule has 0 unspecified atom stereocenters. The third-order valence-corrected chi connectivity index (χ3v) is 2.32. The molecule has 1 aromatic heterocycles. The highest BCUT2D eigenvalue weighted by Crippen LogP contribution is 2.18. The van der Waals surface area contributed by atoms with Gasteiger partial charge in [0.2, 0.25) is 0 Å². The van der Waals surface area contributed by atoms with Gasteiger partial charge in [-0.1, -0.05) is 0 Å². The second-order valence-corrected chi connectivity index (χ2v) is 3.61. The Morgan fingerprint density at radius 3 is 2.53 bits per heavy atom. The summed E-state index contributed by atoms with van der Waals surface area (Å²) >= 11 is 0. The lowest BCUT2D eigenvalue weighted by Crippen LogP contribution is -2.30. The molecule has 1 aromatic carbocycles. The van der Waals surface area contributed by atoms with E-state index in [2.05, 4.69) is 20.8 Å². The number of nitrogen functional groups attached to an aromatic ring is 2. The van der Waals surface area contributed by atoms with E-state index in [0.29, 0.717) is 0 Å². The smallest absolute Gasteiger partial charge is 0.269 e. The van der Waals surface area contributed by atoms with E-state index < -0.39 is 11.7 Å². The van der Waals surface area contributed by atoms with Crippen LogP contribution >= 0.6 is 0 Å². The second-order valence-electron chi connectivity index (χ2n) is 3.61. The highest BCUT2D eigenvalue weighted by Gasteiger charge is 2.08. The lowest BCUT2D eigenvalue weighted by Gasteiger charge is -2.10. The zero-order valence-corrected chi connectivity index (χ0v) is 9.72. The molecule has 0 saturated carbocycles. The van der Waals surface area contributed by atoms with E-state index in [1.807, 2.05) is 0 Å². The van der Waals surface area contributed by atoms with Crippen molar-refractivity contribution >= 4 is 23.2 Å². The Hall–Kier alpha value is -2.90. The molecule has 0 fully saturated rings. The van der Waals surface area contributed by atoms with Gasteiger partial charge in [0.15, 0.2) is 11.6 Å². The van der Waals surface area contributed by atoms with E-state index in [4.69, 9.17) is 11.5 Å². The summed E-state index contributed by atoms with van der Waals surface area (Å²) in [4.78, 5) is 19.2. The van der Waals surface area contributed by atoms with E-state index in [9.17, 15) is 9.18 Å². The van der Waals surface area contributed by atoms with Gasteiger partial charge in [-0.3, -0.25) is 15.6 Å². The standard InChI is InChI=1S/C11H11FN6O/c12-7-3-1-6(2-4-7)11(19)18-17-10-8(13)9(14)15-5-16-10/h1-5H,13H2,(H,18,19)(H3,14,15,16,17). The molecule has 0 spiro atoms. The SMILES string of the molecule is Nc1ncnc(NNC(=O)c2ccc(F)cc2)c1N. The maximum atomic E-state index is 12.7. The van der Waals surface area contributed by atoms with Crippen LogP contribution in [0.5, 0.6) is 0 Å². The Kier molecular flexibility index (Phi) is 3.42. The molecule has 0 atom stereocenters. The van der Waals surface area contributed by atoms with Crippen molar-refractivity contribution in [2.45, 2.75) is 0 Å². The number of rotatable bonds is 3. The van der Waals surface area contributed by atoms with Crippen molar-refractivity contribution in [3.8, 4) is 0 Å². The minimum atomic E-state index is -0.461. The van der Waals surface area contributed by atoms with E-state index in [-0.39, 0.29) is 22.9 Å². The number of amides is 1. The molecule has 19 heavy (non-hydrogen) atoms. The molecule has 7 nitrogen and oxygen atoms in total. The van der Waals surface area contributed by atoms with E-state index in [1.54, 1.807) is 0 Å². The largest absolute Gasteiger partial charge is 0.393 e. The summed E-state index contributed by atoms with van der Waals surface area (Å²) in [5, 5.41) is 0.